The van der Waals surface area contributed by atoms with E-state index in [1.54, 1.807) is 23.2 Å². The predicted molar refractivity (Wildman–Crippen MR) is 107 cm³/mol. The van der Waals surface area contributed by atoms with E-state index < -0.39 is 10.0 Å². The Morgan fingerprint density at radius 2 is 1.93 bits per heavy atom. The summed E-state index contributed by atoms with van der Waals surface area (Å²) in [6.07, 6.45) is 2.06. The third-order valence-corrected chi connectivity index (χ3v) is 5.04. The summed E-state index contributed by atoms with van der Waals surface area (Å²) >= 11 is 0. The monoisotopic (exact) mass is 385 g/mol. The van der Waals surface area contributed by atoms with Gasteiger partial charge in [-0.3, -0.25) is 9.52 Å². The maximum absolute atomic E-state index is 12.4. The zero-order chi connectivity index (χ0) is 19.6. The van der Waals surface area contributed by atoms with Gasteiger partial charge in [0, 0.05) is 18.5 Å². The molecule has 1 aliphatic rings. The highest BCUT2D eigenvalue weighted by molar-refractivity contribution is 7.92. The average molecular weight is 385 g/mol. The third kappa shape index (κ3) is 4.54. The highest BCUT2D eigenvalue weighted by Gasteiger charge is 2.32. The first-order valence-electron chi connectivity index (χ1n) is 8.81. The molecule has 7 heteroatoms. The Labute approximate surface area is 159 Å². The van der Waals surface area contributed by atoms with Gasteiger partial charge < -0.3 is 0 Å². The highest BCUT2D eigenvalue weighted by atomic mass is 32.2. The van der Waals surface area contributed by atoms with Crippen LogP contribution in [0.5, 0.6) is 0 Å². The van der Waals surface area contributed by atoms with Gasteiger partial charge in [-0.05, 0) is 30.2 Å². The zero-order valence-electron chi connectivity index (χ0n) is 15.6. The van der Waals surface area contributed by atoms with Crippen molar-refractivity contribution in [2.75, 3.05) is 11.0 Å². The van der Waals surface area contributed by atoms with E-state index in [0.717, 1.165) is 28.7 Å². The van der Waals surface area contributed by atoms with E-state index in [2.05, 4.69) is 9.82 Å². The number of hydrogen-bond donors (Lipinski definition) is 1. The van der Waals surface area contributed by atoms with Gasteiger partial charge in [0.15, 0.2) is 0 Å². The van der Waals surface area contributed by atoms with Gasteiger partial charge in [0.2, 0.25) is 15.9 Å². The van der Waals surface area contributed by atoms with Crippen LogP contribution in [0.2, 0.25) is 0 Å². The number of nitrogens with zero attached hydrogens (tertiary/aromatic N) is 2. The van der Waals surface area contributed by atoms with Crippen molar-refractivity contribution in [3.8, 4) is 0 Å². The average Bonchev–Trinajstić information content (AvgIpc) is 3.06. The Morgan fingerprint density at radius 1 is 1.22 bits per heavy atom. The molecular weight excluding hydrogens is 362 g/mol. The molecule has 0 saturated heterocycles. The molecule has 3 rings (SSSR count). The Morgan fingerprint density at radius 3 is 2.56 bits per heavy atom. The molecule has 1 N–H and O–H groups in total. The second-order valence-electron chi connectivity index (χ2n) is 6.72. The Kier molecular flexibility index (Phi) is 5.32. The van der Waals surface area contributed by atoms with Gasteiger partial charge in [0.1, 0.15) is 0 Å². The molecular formula is C20H23N3O3S. The molecule has 1 atom stereocenters. The molecule has 27 heavy (non-hydrogen) atoms. The molecule has 6 nitrogen and oxygen atoms in total. The molecule has 0 fully saturated rings. The first-order valence-corrected chi connectivity index (χ1v) is 10.7. The van der Waals surface area contributed by atoms with Gasteiger partial charge in [0.05, 0.1) is 18.0 Å². The number of benzene rings is 2. The normalized spacial score (nSPS) is 16.9. The third-order valence-electron chi connectivity index (χ3n) is 4.43. The summed E-state index contributed by atoms with van der Waals surface area (Å²) in [7, 11) is -3.36. The minimum atomic E-state index is -3.36. The molecule has 2 aromatic carbocycles. The van der Waals surface area contributed by atoms with Crippen molar-refractivity contribution in [2.24, 2.45) is 5.10 Å². The number of anilines is 1. The first kappa shape index (κ1) is 19.1. The zero-order valence-corrected chi connectivity index (χ0v) is 16.5. The number of carbonyl (C=O) groups is 1. The smallest absolute Gasteiger partial charge is 0.242 e. The quantitative estimate of drug-likeness (QED) is 0.856. The van der Waals surface area contributed by atoms with Gasteiger partial charge >= 0.3 is 0 Å². The predicted octanol–water partition coefficient (Wildman–Crippen LogP) is 3.45. The van der Waals surface area contributed by atoms with Crippen molar-refractivity contribution < 1.29 is 13.2 Å². The molecule has 0 aliphatic carbocycles. The fourth-order valence-electron chi connectivity index (χ4n) is 3.10. The van der Waals surface area contributed by atoms with Crippen LogP contribution in [-0.2, 0) is 14.8 Å². The van der Waals surface area contributed by atoms with Gasteiger partial charge in [-0.2, -0.15) is 5.10 Å². The van der Waals surface area contributed by atoms with Crippen LogP contribution in [0, 0.1) is 6.92 Å². The van der Waals surface area contributed by atoms with Crippen molar-refractivity contribution in [2.45, 2.75) is 32.7 Å². The highest BCUT2D eigenvalue weighted by Crippen LogP contribution is 2.33. The molecule has 0 radical (unpaired) electrons. The van der Waals surface area contributed by atoms with Gasteiger partial charge in [-0.25, -0.2) is 13.4 Å². The van der Waals surface area contributed by atoms with Crippen molar-refractivity contribution in [3.63, 3.8) is 0 Å². The minimum Gasteiger partial charge on any atom is -0.284 e. The summed E-state index contributed by atoms with van der Waals surface area (Å²) in [5, 5.41) is 6.12. The number of sulfonamides is 1. The fraction of sp³-hybridized carbons (Fsp3) is 0.300. The van der Waals surface area contributed by atoms with Gasteiger partial charge in [-0.1, -0.05) is 48.9 Å². The van der Waals surface area contributed by atoms with Crippen LogP contribution in [0.4, 0.5) is 5.69 Å². The Balaban J connectivity index is 1.93. The summed E-state index contributed by atoms with van der Waals surface area (Å²) in [4.78, 5) is 12.4. The lowest BCUT2D eigenvalue weighted by molar-refractivity contribution is -0.132. The summed E-state index contributed by atoms with van der Waals surface area (Å²) in [5.41, 5.74) is 4.23. The van der Waals surface area contributed by atoms with E-state index in [0.29, 0.717) is 18.5 Å². The number of rotatable bonds is 5. The molecule has 1 heterocycles. The van der Waals surface area contributed by atoms with Crippen LogP contribution >= 0.6 is 0 Å². The number of nitrogens with one attached hydrogen (secondary N) is 1. The maximum Gasteiger partial charge on any atom is 0.242 e. The van der Waals surface area contributed by atoms with Crippen LogP contribution in [0.3, 0.4) is 0 Å². The summed E-state index contributed by atoms with van der Waals surface area (Å²) < 4.78 is 25.4. The van der Waals surface area contributed by atoms with Crippen LogP contribution < -0.4 is 4.72 Å². The summed E-state index contributed by atoms with van der Waals surface area (Å²) in [6, 6.07) is 15.0. The lowest BCUT2D eigenvalue weighted by Gasteiger charge is -2.21. The fourth-order valence-corrected chi connectivity index (χ4v) is 3.66. The lowest BCUT2D eigenvalue weighted by atomic mass is 9.97. The van der Waals surface area contributed by atoms with E-state index in [9.17, 15) is 13.2 Å². The number of hydrazone groups is 1. The van der Waals surface area contributed by atoms with E-state index in [1.807, 2.05) is 44.2 Å². The van der Waals surface area contributed by atoms with Crippen LogP contribution in [-0.4, -0.2) is 31.3 Å². The molecule has 142 valence electrons. The lowest BCUT2D eigenvalue weighted by Crippen LogP contribution is -2.26. The van der Waals surface area contributed by atoms with Crippen molar-refractivity contribution in [1.82, 2.24) is 5.01 Å². The van der Waals surface area contributed by atoms with Crippen LogP contribution in [0.1, 0.15) is 42.5 Å². The van der Waals surface area contributed by atoms with E-state index in [-0.39, 0.29) is 11.9 Å². The number of aryl methyl sites for hydroxylation is 1. The molecule has 0 saturated carbocycles. The van der Waals surface area contributed by atoms with Crippen molar-refractivity contribution in [1.29, 1.82) is 0 Å². The molecule has 1 amide bonds. The van der Waals surface area contributed by atoms with Crippen molar-refractivity contribution >= 4 is 27.3 Å². The Hall–Kier alpha value is -2.67. The molecule has 0 aromatic heterocycles. The van der Waals surface area contributed by atoms with Gasteiger partial charge in [0.25, 0.3) is 0 Å². The number of hydrogen-bond acceptors (Lipinski definition) is 4. The number of amides is 1. The second-order valence-corrected chi connectivity index (χ2v) is 8.47. The standard InChI is InChI=1S/C20H23N3O3S/c1-4-20(24)23-19(15-10-8-14(2)9-11-15)13-18(21-23)16-6-5-7-17(12-16)22-27(3,25)26/h5-12,19,22H,4,13H2,1-3H3. The molecule has 0 spiro atoms. The first-order chi connectivity index (χ1) is 12.8. The maximum atomic E-state index is 12.4. The SMILES string of the molecule is CCC(=O)N1N=C(c2cccc(NS(C)(=O)=O)c2)CC1c1ccc(C)cc1. The second kappa shape index (κ2) is 7.52. The molecule has 0 bridgehead atoms. The molecule has 1 aliphatic heterocycles. The van der Waals surface area contributed by atoms with E-state index >= 15 is 0 Å². The summed E-state index contributed by atoms with van der Waals surface area (Å²) in [6.45, 7) is 3.84. The minimum absolute atomic E-state index is 0.0407. The van der Waals surface area contributed by atoms with E-state index in [4.69, 9.17) is 0 Å². The molecule has 1 unspecified atom stereocenters. The van der Waals surface area contributed by atoms with Crippen LogP contribution in [0.25, 0.3) is 0 Å². The largest absolute Gasteiger partial charge is 0.284 e. The Bertz CT molecular complexity index is 982. The van der Waals surface area contributed by atoms with Crippen LogP contribution in [0.15, 0.2) is 53.6 Å². The summed E-state index contributed by atoms with van der Waals surface area (Å²) in [5.74, 6) is -0.0407. The van der Waals surface area contributed by atoms with E-state index in [1.165, 1.54) is 0 Å². The topological polar surface area (TPSA) is 78.8 Å². The number of carbonyl (C=O) groups excluding carboxylic acids is 1. The van der Waals surface area contributed by atoms with Crippen molar-refractivity contribution in [3.05, 3.63) is 65.2 Å². The molecule has 2 aromatic rings. The van der Waals surface area contributed by atoms with Gasteiger partial charge in [-0.15, -0.1) is 0 Å².